The Morgan fingerprint density at radius 3 is 2.50 bits per heavy atom. The van der Waals surface area contributed by atoms with Gasteiger partial charge in [0.2, 0.25) is 0 Å². The lowest BCUT2D eigenvalue weighted by Gasteiger charge is -2.27. The number of hydrogen-bond acceptors (Lipinski definition) is 5. The molecule has 0 unspecified atom stereocenters. The summed E-state index contributed by atoms with van der Waals surface area (Å²) in [4.78, 5) is 25.3. The van der Waals surface area contributed by atoms with Gasteiger partial charge in [-0.3, -0.25) is 4.90 Å². The largest absolute Gasteiger partial charge is 0.459 e. The summed E-state index contributed by atoms with van der Waals surface area (Å²) in [6.07, 6.45) is -4.23. The number of carbonyl (C=O) groups is 2. The smallest absolute Gasteiger partial charge is 0.411 e. The van der Waals surface area contributed by atoms with Gasteiger partial charge in [0.15, 0.2) is 12.2 Å². The van der Waals surface area contributed by atoms with E-state index in [4.69, 9.17) is 9.47 Å². The van der Waals surface area contributed by atoms with E-state index in [1.807, 2.05) is 6.07 Å². The highest BCUT2D eigenvalue weighted by atomic mass is 19.1. The third kappa shape index (κ3) is 4.44. The minimum Gasteiger partial charge on any atom is -0.459 e. The first-order chi connectivity index (χ1) is 11.2. The summed E-state index contributed by atoms with van der Waals surface area (Å²) >= 11 is 0. The third-order valence-corrected chi connectivity index (χ3v) is 3.48. The zero-order chi connectivity index (χ0) is 17.9. The molecule has 0 radical (unpaired) electrons. The second-order valence-corrected chi connectivity index (χ2v) is 6.68. The molecule has 6 nitrogen and oxygen atoms in total. The Balaban J connectivity index is 2.06. The molecule has 1 amide bonds. The maximum atomic E-state index is 14.2. The second kappa shape index (κ2) is 7.17. The van der Waals surface area contributed by atoms with Gasteiger partial charge in [-0.2, -0.15) is 0 Å². The van der Waals surface area contributed by atoms with E-state index in [-0.39, 0.29) is 13.2 Å². The molecule has 1 aliphatic rings. The minimum absolute atomic E-state index is 0.0405. The standard InChI is InChI=1S/C17H22FNO5/c1-17(2,3)24-16(22)19-9-12(20)13(18)14(19)15(21)23-10-11-7-5-4-6-8-11/h4-8,12-14,20H,9-10H2,1-3H3/t12-,13+,14-/m0/s1. The van der Waals surface area contributed by atoms with Gasteiger partial charge in [-0.05, 0) is 26.3 Å². The number of nitrogens with zero attached hydrogens (tertiary/aromatic N) is 1. The van der Waals surface area contributed by atoms with Gasteiger partial charge in [-0.25, -0.2) is 14.0 Å². The van der Waals surface area contributed by atoms with E-state index < -0.39 is 36.0 Å². The van der Waals surface area contributed by atoms with E-state index in [0.29, 0.717) is 0 Å². The number of amides is 1. The van der Waals surface area contributed by atoms with Gasteiger partial charge < -0.3 is 14.6 Å². The van der Waals surface area contributed by atoms with Gasteiger partial charge in [0.1, 0.15) is 18.3 Å². The van der Waals surface area contributed by atoms with E-state index >= 15 is 0 Å². The number of hydrogen-bond donors (Lipinski definition) is 1. The van der Waals surface area contributed by atoms with Gasteiger partial charge in [0.05, 0.1) is 6.54 Å². The average molecular weight is 339 g/mol. The molecule has 0 spiro atoms. The van der Waals surface area contributed by atoms with Crippen LogP contribution in [-0.4, -0.2) is 52.5 Å². The van der Waals surface area contributed by atoms with Gasteiger partial charge in [-0.1, -0.05) is 30.3 Å². The molecule has 1 aliphatic heterocycles. The van der Waals surface area contributed by atoms with Crippen LogP contribution in [0.25, 0.3) is 0 Å². The van der Waals surface area contributed by atoms with Crippen molar-refractivity contribution in [1.82, 2.24) is 4.90 Å². The molecule has 3 atom stereocenters. The van der Waals surface area contributed by atoms with Crippen molar-refractivity contribution in [2.75, 3.05) is 6.54 Å². The van der Waals surface area contributed by atoms with Gasteiger partial charge in [-0.15, -0.1) is 0 Å². The van der Waals surface area contributed by atoms with Crippen molar-refractivity contribution in [3.05, 3.63) is 35.9 Å². The number of rotatable bonds is 3. The monoisotopic (exact) mass is 339 g/mol. The number of β-amino-alcohol motifs (C(OH)–C–C–N with tert-alkyl or cyclic N) is 1. The van der Waals surface area contributed by atoms with Crippen molar-refractivity contribution >= 4 is 12.1 Å². The molecule has 1 aromatic carbocycles. The van der Waals surface area contributed by atoms with Crippen LogP contribution in [0.5, 0.6) is 0 Å². The Morgan fingerprint density at radius 1 is 1.29 bits per heavy atom. The first kappa shape index (κ1) is 18.2. The Hall–Kier alpha value is -2.15. The predicted octanol–water partition coefficient (Wildman–Crippen LogP) is 2.05. The first-order valence-electron chi connectivity index (χ1n) is 7.71. The Kier molecular flexibility index (Phi) is 5.43. The van der Waals surface area contributed by atoms with E-state index in [0.717, 1.165) is 10.5 Å². The molecule has 0 aliphatic carbocycles. The molecule has 7 heteroatoms. The van der Waals surface area contributed by atoms with Crippen LogP contribution in [-0.2, 0) is 20.9 Å². The summed E-state index contributed by atoms with van der Waals surface area (Å²) in [6.45, 7) is 4.62. The summed E-state index contributed by atoms with van der Waals surface area (Å²) in [6, 6.07) is 7.39. The summed E-state index contributed by atoms with van der Waals surface area (Å²) in [5, 5.41) is 9.69. The molecule has 0 aromatic heterocycles. The third-order valence-electron chi connectivity index (χ3n) is 3.48. The quantitative estimate of drug-likeness (QED) is 0.853. The number of alkyl halides is 1. The van der Waals surface area contributed by atoms with Gasteiger partial charge in [0.25, 0.3) is 0 Å². The molecule has 1 heterocycles. The molecule has 24 heavy (non-hydrogen) atoms. The molecule has 132 valence electrons. The number of likely N-dealkylation sites (tertiary alicyclic amines) is 1. The van der Waals surface area contributed by atoms with Crippen LogP contribution in [0, 0.1) is 0 Å². The summed E-state index contributed by atoms with van der Waals surface area (Å²) < 4.78 is 24.5. The van der Waals surface area contributed by atoms with E-state index in [9.17, 15) is 19.1 Å². The Morgan fingerprint density at radius 2 is 1.92 bits per heavy atom. The lowest BCUT2D eigenvalue weighted by molar-refractivity contribution is -0.152. The van der Waals surface area contributed by atoms with Crippen molar-refractivity contribution in [3.63, 3.8) is 0 Å². The lowest BCUT2D eigenvalue weighted by atomic mass is 10.1. The van der Waals surface area contributed by atoms with Crippen molar-refractivity contribution < 1.29 is 28.6 Å². The maximum absolute atomic E-state index is 14.2. The molecule has 0 bridgehead atoms. The summed E-state index contributed by atoms with van der Waals surface area (Å²) in [5.41, 5.74) is -0.0572. The van der Waals surface area contributed by atoms with E-state index in [1.54, 1.807) is 45.0 Å². The number of aliphatic hydroxyl groups excluding tert-OH is 1. The zero-order valence-corrected chi connectivity index (χ0v) is 13.9. The highest BCUT2D eigenvalue weighted by Gasteiger charge is 2.50. The number of aliphatic hydroxyl groups is 1. The molecule has 0 saturated carbocycles. The fourth-order valence-electron chi connectivity index (χ4n) is 2.38. The highest BCUT2D eigenvalue weighted by molar-refractivity contribution is 5.83. The van der Waals surface area contributed by atoms with Crippen LogP contribution >= 0.6 is 0 Å². The van der Waals surface area contributed by atoms with Gasteiger partial charge >= 0.3 is 12.1 Å². The van der Waals surface area contributed by atoms with Crippen LogP contribution in [0.2, 0.25) is 0 Å². The number of esters is 1. The number of ether oxygens (including phenoxy) is 2. The van der Waals surface area contributed by atoms with Gasteiger partial charge in [0, 0.05) is 0 Å². The molecule has 2 rings (SSSR count). The van der Waals surface area contributed by atoms with Crippen LogP contribution < -0.4 is 0 Å². The first-order valence-corrected chi connectivity index (χ1v) is 7.71. The van der Waals surface area contributed by atoms with E-state index in [2.05, 4.69) is 0 Å². The Labute approximate surface area is 140 Å². The van der Waals surface area contributed by atoms with Crippen LogP contribution in [0.3, 0.4) is 0 Å². The number of benzene rings is 1. The predicted molar refractivity (Wildman–Crippen MR) is 83.9 cm³/mol. The summed E-state index contributed by atoms with van der Waals surface area (Å²) in [5.74, 6) is -0.909. The number of carbonyl (C=O) groups excluding carboxylic acids is 2. The average Bonchev–Trinajstić information content (AvgIpc) is 2.80. The van der Waals surface area contributed by atoms with Crippen molar-refractivity contribution in [2.24, 2.45) is 0 Å². The SMILES string of the molecule is CC(C)(C)OC(=O)N1C[C@H](O)[C@@H](F)[C@H]1C(=O)OCc1ccccc1. The zero-order valence-electron chi connectivity index (χ0n) is 13.9. The molecular weight excluding hydrogens is 317 g/mol. The maximum Gasteiger partial charge on any atom is 0.411 e. The molecule has 1 N–H and O–H groups in total. The summed E-state index contributed by atoms with van der Waals surface area (Å²) in [7, 11) is 0. The van der Waals surface area contributed by atoms with Crippen molar-refractivity contribution in [2.45, 2.75) is 51.3 Å². The second-order valence-electron chi connectivity index (χ2n) is 6.68. The topological polar surface area (TPSA) is 76.1 Å². The molecule has 1 fully saturated rings. The fourth-order valence-corrected chi connectivity index (χ4v) is 2.38. The van der Waals surface area contributed by atoms with Crippen LogP contribution in [0.4, 0.5) is 9.18 Å². The van der Waals surface area contributed by atoms with Crippen LogP contribution in [0.1, 0.15) is 26.3 Å². The van der Waals surface area contributed by atoms with Crippen molar-refractivity contribution in [3.8, 4) is 0 Å². The Bertz CT molecular complexity index is 586. The molecule has 1 aromatic rings. The van der Waals surface area contributed by atoms with Crippen LogP contribution in [0.15, 0.2) is 30.3 Å². The minimum atomic E-state index is -1.92. The molecular formula is C17H22FNO5. The lowest BCUT2D eigenvalue weighted by Crippen LogP contribution is -2.46. The van der Waals surface area contributed by atoms with E-state index in [1.165, 1.54) is 0 Å². The normalized spacial score (nSPS) is 23.9. The highest BCUT2D eigenvalue weighted by Crippen LogP contribution is 2.25. The fraction of sp³-hybridized carbons (Fsp3) is 0.529. The number of halogens is 1. The van der Waals surface area contributed by atoms with Crippen molar-refractivity contribution in [1.29, 1.82) is 0 Å². The molecule has 1 saturated heterocycles.